The molecule has 3 aromatic rings. The van der Waals surface area contributed by atoms with Crippen LogP contribution in [0.3, 0.4) is 0 Å². The van der Waals surface area contributed by atoms with E-state index in [9.17, 15) is 4.79 Å². The van der Waals surface area contributed by atoms with Crippen LogP contribution < -0.4 is 11.1 Å². The monoisotopic (exact) mass is 386 g/mol. The predicted molar refractivity (Wildman–Crippen MR) is 97.8 cm³/mol. The number of halogens is 1. The lowest BCUT2D eigenvalue weighted by atomic mass is 10.0. The smallest absolute Gasteiger partial charge is 0.255 e. The van der Waals surface area contributed by atoms with E-state index in [1.54, 1.807) is 10.7 Å². The van der Waals surface area contributed by atoms with E-state index in [0.717, 1.165) is 28.4 Å². The summed E-state index contributed by atoms with van der Waals surface area (Å²) in [6.07, 6.45) is 5.06. The van der Waals surface area contributed by atoms with Crippen LogP contribution in [0.4, 0.5) is 0 Å². The first-order valence-corrected chi connectivity index (χ1v) is 8.67. The van der Waals surface area contributed by atoms with Crippen LogP contribution in [0.25, 0.3) is 5.52 Å². The lowest BCUT2D eigenvalue weighted by molar-refractivity contribution is 0.0936. The zero-order chi connectivity index (χ0) is 16.9. The molecule has 1 amide bonds. The normalized spacial score (nSPS) is 12.2. The van der Waals surface area contributed by atoms with Crippen molar-refractivity contribution in [3.05, 3.63) is 70.5 Å². The Morgan fingerprint density at radius 1 is 1.25 bits per heavy atom. The summed E-state index contributed by atoms with van der Waals surface area (Å²) in [5.74, 6) is -0.136. The average molecular weight is 387 g/mol. The number of benzene rings is 1. The Kier molecular flexibility index (Phi) is 5.27. The molecule has 1 atom stereocenters. The number of amides is 1. The van der Waals surface area contributed by atoms with Crippen LogP contribution in [0.5, 0.6) is 0 Å². The van der Waals surface area contributed by atoms with E-state index in [1.165, 1.54) is 0 Å². The van der Waals surface area contributed by atoms with Gasteiger partial charge in [0.15, 0.2) is 0 Å². The SMILES string of the molecule is NCCCC(NC(=O)c1cnn2cccc(Br)c12)c1ccccc1. The van der Waals surface area contributed by atoms with Gasteiger partial charge in [0.2, 0.25) is 0 Å². The fourth-order valence-electron chi connectivity index (χ4n) is 2.73. The van der Waals surface area contributed by atoms with Gasteiger partial charge in [-0.15, -0.1) is 0 Å². The average Bonchev–Trinajstić information content (AvgIpc) is 3.05. The fraction of sp³-hybridized carbons (Fsp3) is 0.222. The Morgan fingerprint density at radius 3 is 2.79 bits per heavy atom. The van der Waals surface area contributed by atoms with Crippen molar-refractivity contribution in [2.45, 2.75) is 18.9 Å². The number of rotatable bonds is 6. The van der Waals surface area contributed by atoms with Crippen LogP contribution >= 0.6 is 15.9 Å². The zero-order valence-corrected chi connectivity index (χ0v) is 14.7. The molecular weight excluding hydrogens is 368 g/mol. The van der Waals surface area contributed by atoms with E-state index in [-0.39, 0.29) is 11.9 Å². The molecule has 0 aliphatic rings. The number of nitrogens with zero attached hydrogens (tertiary/aromatic N) is 2. The first-order chi connectivity index (χ1) is 11.7. The van der Waals surface area contributed by atoms with E-state index < -0.39 is 0 Å². The second kappa shape index (κ2) is 7.59. The number of hydrogen-bond donors (Lipinski definition) is 2. The maximum atomic E-state index is 12.8. The Bertz CT molecular complexity index is 831. The molecule has 0 aliphatic carbocycles. The van der Waals surface area contributed by atoms with Crippen molar-refractivity contribution in [1.29, 1.82) is 0 Å². The van der Waals surface area contributed by atoms with Crippen molar-refractivity contribution in [1.82, 2.24) is 14.9 Å². The predicted octanol–water partition coefficient (Wildman–Crippen LogP) is 3.31. The molecule has 3 rings (SSSR count). The molecule has 1 aromatic carbocycles. The summed E-state index contributed by atoms with van der Waals surface area (Å²) in [7, 11) is 0. The number of aromatic nitrogens is 2. The lowest BCUT2D eigenvalue weighted by Crippen LogP contribution is -2.29. The minimum Gasteiger partial charge on any atom is -0.345 e. The van der Waals surface area contributed by atoms with Gasteiger partial charge in [-0.25, -0.2) is 4.52 Å². The van der Waals surface area contributed by atoms with Gasteiger partial charge >= 0.3 is 0 Å². The highest BCUT2D eigenvalue weighted by Gasteiger charge is 2.19. The molecule has 0 fully saturated rings. The molecule has 0 aliphatic heterocycles. The lowest BCUT2D eigenvalue weighted by Gasteiger charge is -2.19. The van der Waals surface area contributed by atoms with E-state index in [0.29, 0.717) is 12.1 Å². The van der Waals surface area contributed by atoms with Crippen LogP contribution in [0.15, 0.2) is 59.3 Å². The van der Waals surface area contributed by atoms with E-state index >= 15 is 0 Å². The van der Waals surface area contributed by atoms with Crippen molar-refractivity contribution in [3.63, 3.8) is 0 Å². The highest BCUT2D eigenvalue weighted by atomic mass is 79.9. The topological polar surface area (TPSA) is 72.4 Å². The van der Waals surface area contributed by atoms with Gasteiger partial charge in [-0.2, -0.15) is 5.10 Å². The van der Waals surface area contributed by atoms with Crippen LogP contribution in [-0.2, 0) is 0 Å². The van der Waals surface area contributed by atoms with Crippen molar-refractivity contribution < 1.29 is 4.79 Å². The molecule has 0 spiro atoms. The number of nitrogens with one attached hydrogen (secondary N) is 1. The summed E-state index contributed by atoms with van der Waals surface area (Å²) in [5.41, 5.74) is 8.04. The number of pyridine rings is 1. The van der Waals surface area contributed by atoms with Crippen molar-refractivity contribution in [2.75, 3.05) is 6.54 Å². The Hall–Kier alpha value is -2.18. The molecule has 5 nitrogen and oxygen atoms in total. The molecule has 0 saturated heterocycles. The van der Waals surface area contributed by atoms with Gasteiger partial charge in [-0.1, -0.05) is 30.3 Å². The van der Waals surface area contributed by atoms with Crippen LogP contribution in [-0.4, -0.2) is 22.1 Å². The quantitative estimate of drug-likeness (QED) is 0.682. The molecule has 2 aromatic heterocycles. The van der Waals surface area contributed by atoms with E-state index in [4.69, 9.17) is 5.73 Å². The van der Waals surface area contributed by atoms with Gasteiger partial charge < -0.3 is 11.1 Å². The second-order valence-corrected chi connectivity index (χ2v) is 6.43. The minimum absolute atomic E-state index is 0.0697. The highest BCUT2D eigenvalue weighted by Crippen LogP contribution is 2.23. The summed E-state index contributed by atoms with van der Waals surface area (Å²) in [6, 6.07) is 13.7. The Labute approximate surface area is 149 Å². The molecule has 0 bridgehead atoms. The summed E-state index contributed by atoms with van der Waals surface area (Å²) < 4.78 is 2.53. The second-order valence-electron chi connectivity index (χ2n) is 5.58. The molecule has 1 unspecified atom stereocenters. The van der Waals surface area contributed by atoms with Gasteiger partial charge in [0.1, 0.15) is 0 Å². The molecular formula is C18H19BrN4O. The van der Waals surface area contributed by atoms with Crippen LogP contribution in [0.1, 0.15) is 34.8 Å². The maximum Gasteiger partial charge on any atom is 0.255 e. The first-order valence-electron chi connectivity index (χ1n) is 7.88. The molecule has 3 N–H and O–H groups in total. The van der Waals surface area contributed by atoms with Gasteiger partial charge in [0, 0.05) is 10.7 Å². The van der Waals surface area contributed by atoms with Gasteiger partial charge in [-0.3, -0.25) is 4.79 Å². The summed E-state index contributed by atoms with van der Waals surface area (Å²) in [5, 5.41) is 7.37. The van der Waals surface area contributed by atoms with Crippen LogP contribution in [0.2, 0.25) is 0 Å². The molecule has 6 heteroatoms. The Balaban J connectivity index is 1.87. The largest absolute Gasteiger partial charge is 0.345 e. The van der Waals surface area contributed by atoms with Crippen molar-refractivity contribution >= 4 is 27.4 Å². The molecule has 0 radical (unpaired) electrons. The number of hydrogen-bond acceptors (Lipinski definition) is 3. The van der Waals surface area contributed by atoms with Gasteiger partial charge in [0.25, 0.3) is 5.91 Å². The van der Waals surface area contributed by atoms with Gasteiger partial charge in [-0.05, 0) is 53.0 Å². The third-order valence-electron chi connectivity index (χ3n) is 3.94. The third kappa shape index (κ3) is 3.49. The number of fused-ring (bicyclic) bond motifs is 1. The van der Waals surface area contributed by atoms with Crippen molar-refractivity contribution in [3.8, 4) is 0 Å². The fourth-order valence-corrected chi connectivity index (χ4v) is 3.28. The molecule has 124 valence electrons. The zero-order valence-electron chi connectivity index (χ0n) is 13.2. The number of carbonyl (C=O) groups is 1. The molecule has 2 heterocycles. The first kappa shape index (κ1) is 16.7. The standard InChI is InChI=1S/C18H19BrN4O/c19-15-8-5-11-23-17(15)14(12-21-23)18(24)22-16(9-4-10-20)13-6-2-1-3-7-13/h1-3,5-8,11-12,16H,4,9-10,20H2,(H,22,24). The summed E-state index contributed by atoms with van der Waals surface area (Å²) in [4.78, 5) is 12.8. The van der Waals surface area contributed by atoms with Crippen LogP contribution in [0, 0.1) is 0 Å². The van der Waals surface area contributed by atoms with Gasteiger partial charge in [0.05, 0.1) is 23.3 Å². The molecule has 0 saturated carbocycles. The van der Waals surface area contributed by atoms with E-state index in [2.05, 4.69) is 26.3 Å². The summed E-state index contributed by atoms with van der Waals surface area (Å²) >= 11 is 3.49. The maximum absolute atomic E-state index is 12.8. The van der Waals surface area contributed by atoms with Crippen molar-refractivity contribution in [2.24, 2.45) is 5.73 Å². The summed E-state index contributed by atoms with van der Waals surface area (Å²) in [6.45, 7) is 0.599. The minimum atomic E-state index is -0.136. The number of nitrogens with two attached hydrogens (primary N) is 1. The van der Waals surface area contributed by atoms with E-state index in [1.807, 2.05) is 48.7 Å². The number of carbonyl (C=O) groups excluding carboxylic acids is 1. The molecule has 24 heavy (non-hydrogen) atoms. The highest BCUT2D eigenvalue weighted by molar-refractivity contribution is 9.10. The third-order valence-corrected chi connectivity index (χ3v) is 4.58. The Morgan fingerprint density at radius 2 is 2.04 bits per heavy atom.